The fourth-order valence-corrected chi connectivity index (χ4v) is 2.49. The van der Waals surface area contributed by atoms with Crippen LogP contribution in [0.4, 0.5) is 0 Å². The number of allylic oxidation sites excluding steroid dienone is 1. The lowest BCUT2D eigenvalue weighted by Crippen LogP contribution is -2.46. The van der Waals surface area contributed by atoms with E-state index in [-0.39, 0.29) is 5.70 Å². The Morgan fingerprint density at radius 2 is 2.10 bits per heavy atom. The zero-order chi connectivity index (χ0) is 14.3. The smallest absolute Gasteiger partial charge is 0.330 e. The van der Waals surface area contributed by atoms with Gasteiger partial charge in [0.05, 0.1) is 10.6 Å². The van der Waals surface area contributed by atoms with Crippen molar-refractivity contribution in [3.63, 3.8) is 0 Å². The Balaban J connectivity index is 1.91. The fraction of sp³-hybridized carbons (Fsp3) is 0.545. The zero-order valence-corrected chi connectivity index (χ0v) is 11.0. The number of amides is 1. The second-order valence-corrected chi connectivity index (χ2v) is 4.93. The predicted molar refractivity (Wildman–Crippen MR) is 67.1 cm³/mol. The molecular weight excluding hydrogens is 266 g/mol. The van der Waals surface area contributed by atoms with Crippen molar-refractivity contribution in [2.24, 2.45) is 0 Å². The molecule has 3 aliphatic rings. The Morgan fingerprint density at radius 1 is 1.40 bits per heavy atom. The molecule has 0 unspecified atom stereocenters. The average Bonchev–Trinajstić information content (AvgIpc) is 2.81. The molecule has 0 aliphatic carbocycles. The Kier molecular flexibility index (Phi) is 3.07. The molecular formula is C11H15N5O4. The Labute approximate surface area is 115 Å². The summed E-state index contributed by atoms with van der Waals surface area (Å²) in [7, 11) is 2.03. The maximum Gasteiger partial charge on any atom is 0.330 e. The van der Waals surface area contributed by atoms with E-state index in [1.54, 1.807) is 6.08 Å². The van der Waals surface area contributed by atoms with E-state index in [0.717, 1.165) is 31.2 Å². The number of rotatable bonds is 2. The first-order valence-corrected chi connectivity index (χ1v) is 6.34. The summed E-state index contributed by atoms with van der Waals surface area (Å²) in [4.78, 5) is 31.5. The quantitative estimate of drug-likeness (QED) is 0.507. The van der Waals surface area contributed by atoms with Crippen molar-refractivity contribution in [2.45, 2.75) is 6.17 Å². The molecule has 9 nitrogen and oxygen atoms in total. The second-order valence-electron chi connectivity index (χ2n) is 4.93. The van der Waals surface area contributed by atoms with Crippen LogP contribution in [0.2, 0.25) is 0 Å². The predicted octanol–water partition coefficient (Wildman–Crippen LogP) is -1.10. The highest BCUT2D eigenvalue weighted by Crippen LogP contribution is 2.28. The minimum absolute atomic E-state index is 0.207. The van der Waals surface area contributed by atoms with E-state index in [1.165, 1.54) is 6.08 Å². The van der Waals surface area contributed by atoms with E-state index in [1.807, 2.05) is 11.9 Å². The lowest BCUT2D eigenvalue weighted by Gasteiger charge is -2.36. The summed E-state index contributed by atoms with van der Waals surface area (Å²) < 4.78 is 0. The van der Waals surface area contributed by atoms with Gasteiger partial charge in [-0.05, 0) is 13.1 Å². The summed E-state index contributed by atoms with van der Waals surface area (Å²) in [5.41, 5.74) is 3.05. The van der Waals surface area contributed by atoms with Gasteiger partial charge in [0.2, 0.25) is 0 Å². The highest BCUT2D eigenvalue weighted by molar-refractivity contribution is 5.94. The lowest BCUT2D eigenvalue weighted by molar-refractivity contribution is -0.557. The second kappa shape index (κ2) is 4.76. The van der Waals surface area contributed by atoms with Gasteiger partial charge in [-0.3, -0.25) is 14.9 Å². The average molecular weight is 281 g/mol. The zero-order valence-electron chi connectivity index (χ0n) is 11.0. The van der Waals surface area contributed by atoms with Crippen molar-refractivity contribution < 1.29 is 14.7 Å². The number of hydroxylamine groups is 3. The number of nitrogens with one attached hydrogen (secondary N) is 1. The SMILES string of the molecule is CN1CCN(C2=C3C(=O)NON3[C@H]([N+](=O)[O-])C=C2)CC1. The van der Waals surface area contributed by atoms with Gasteiger partial charge < -0.3 is 9.80 Å². The van der Waals surface area contributed by atoms with E-state index >= 15 is 0 Å². The number of fused-ring (bicyclic) bond motifs is 1. The minimum Gasteiger partial charge on any atom is -0.367 e. The lowest BCUT2D eigenvalue weighted by atomic mass is 10.1. The third-order valence-corrected chi connectivity index (χ3v) is 3.64. The molecule has 3 aliphatic heterocycles. The molecule has 108 valence electrons. The van der Waals surface area contributed by atoms with Gasteiger partial charge in [-0.15, -0.1) is 10.0 Å². The summed E-state index contributed by atoms with van der Waals surface area (Å²) in [6, 6.07) is 0. The topological polar surface area (TPSA) is 91.2 Å². The van der Waals surface area contributed by atoms with Crippen LogP contribution in [-0.2, 0) is 9.73 Å². The van der Waals surface area contributed by atoms with E-state index in [9.17, 15) is 14.9 Å². The van der Waals surface area contributed by atoms with Gasteiger partial charge in [0.1, 0.15) is 0 Å². The monoisotopic (exact) mass is 281 g/mol. The van der Waals surface area contributed by atoms with E-state index in [4.69, 9.17) is 4.94 Å². The minimum atomic E-state index is -1.18. The molecule has 0 saturated carbocycles. The van der Waals surface area contributed by atoms with Gasteiger partial charge >= 0.3 is 6.17 Å². The van der Waals surface area contributed by atoms with Crippen LogP contribution in [0.5, 0.6) is 0 Å². The van der Waals surface area contributed by atoms with Crippen molar-refractivity contribution in [3.05, 3.63) is 33.7 Å². The first kappa shape index (κ1) is 12.9. The molecule has 9 heteroatoms. The molecule has 3 heterocycles. The van der Waals surface area contributed by atoms with E-state index < -0.39 is 17.0 Å². The number of nitrogens with zero attached hydrogens (tertiary/aromatic N) is 4. The fourth-order valence-electron chi connectivity index (χ4n) is 2.49. The normalized spacial score (nSPS) is 26.9. The molecule has 1 N–H and O–H groups in total. The molecule has 20 heavy (non-hydrogen) atoms. The van der Waals surface area contributed by atoms with Crippen molar-refractivity contribution in [2.75, 3.05) is 33.2 Å². The number of carbonyl (C=O) groups is 1. The van der Waals surface area contributed by atoms with Crippen LogP contribution < -0.4 is 5.48 Å². The highest BCUT2D eigenvalue weighted by atomic mass is 16.8. The van der Waals surface area contributed by atoms with Crippen LogP contribution in [0, 0.1) is 10.1 Å². The number of carbonyl (C=O) groups excluding carboxylic acids is 1. The highest BCUT2D eigenvalue weighted by Gasteiger charge is 2.43. The van der Waals surface area contributed by atoms with Gasteiger partial charge in [0.15, 0.2) is 5.70 Å². The molecule has 0 aromatic carbocycles. The number of hydrogen-bond donors (Lipinski definition) is 1. The maximum absolute atomic E-state index is 11.9. The van der Waals surface area contributed by atoms with Crippen LogP contribution in [0.15, 0.2) is 23.5 Å². The van der Waals surface area contributed by atoms with Gasteiger partial charge in [-0.1, -0.05) is 0 Å². The van der Waals surface area contributed by atoms with Gasteiger partial charge in [-0.25, -0.2) is 5.48 Å². The van der Waals surface area contributed by atoms with E-state index in [2.05, 4.69) is 10.4 Å². The van der Waals surface area contributed by atoms with Crippen LogP contribution in [0.25, 0.3) is 0 Å². The van der Waals surface area contributed by atoms with Crippen molar-refractivity contribution in [1.29, 1.82) is 0 Å². The Bertz CT molecular complexity index is 509. The van der Waals surface area contributed by atoms with E-state index in [0.29, 0.717) is 5.70 Å². The summed E-state index contributed by atoms with van der Waals surface area (Å²) in [6.45, 7) is 3.30. The number of nitro groups is 1. The molecule has 1 amide bonds. The molecule has 0 aromatic rings. The molecule has 3 rings (SSSR count). The Hall–Kier alpha value is -2.13. The molecule has 0 spiro atoms. The van der Waals surface area contributed by atoms with Gasteiger partial charge in [0.25, 0.3) is 5.91 Å². The molecule has 0 radical (unpaired) electrons. The third-order valence-electron chi connectivity index (χ3n) is 3.64. The largest absolute Gasteiger partial charge is 0.367 e. The number of likely N-dealkylation sites (N-methyl/N-ethyl adjacent to an activating group) is 1. The first-order valence-electron chi connectivity index (χ1n) is 6.34. The van der Waals surface area contributed by atoms with Crippen LogP contribution >= 0.6 is 0 Å². The number of hydrogen-bond acceptors (Lipinski definition) is 7. The Morgan fingerprint density at radius 3 is 2.75 bits per heavy atom. The van der Waals surface area contributed by atoms with Gasteiger partial charge in [-0.2, -0.15) is 0 Å². The van der Waals surface area contributed by atoms with Crippen LogP contribution in [0.3, 0.4) is 0 Å². The van der Waals surface area contributed by atoms with Crippen molar-refractivity contribution >= 4 is 5.91 Å². The standard InChI is InChI=1S/C11H15N5O4/c1-13-4-6-14(7-5-13)8-2-3-9(16(18)19)15-10(8)11(17)12-20-15/h2-3,9H,4-7H2,1H3,(H,12,17)/t9-/m1/s1. The summed E-state index contributed by atoms with van der Waals surface area (Å²) >= 11 is 0. The summed E-state index contributed by atoms with van der Waals surface area (Å²) in [5.74, 6) is -0.449. The molecule has 0 aromatic heterocycles. The van der Waals surface area contributed by atoms with Crippen LogP contribution in [-0.4, -0.2) is 65.1 Å². The number of piperazine rings is 1. The summed E-state index contributed by atoms with van der Waals surface area (Å²) in [5, 5.41) is 12.0. The third kappa shape index (κ3) is 2.00. The molecule has 2 saturated heterocycles. The maximum atomic E-state index is 11.9. The van der Waals surface area contributed by atoms with Crippen LogP contribution in [0.1, 0.15) is 0 Å². The molecule has 2 fully saturated rings. The molecule has 0 bridgehead atoms. The summed E-state index contributed by atoms with van der Waals surface area (Å²) in [6.07, 6.45) is 1.89. The van der Waals surface area contributed by atoms with Crippen molar-refractivity contribution in [1.82, 2.24) is 20.3 Å². The molecule has 1 atom stereocenters. The first-order chi connectivity index (χ1) is 9.58. The van der Waals surface area contributed by atoms with Crippen molar-refractivity contribution in [3.8, 4) is 0 Å². The van der Waals surface area contributed by atoms with Gasteiger partial charge in [0, 0.05) is 32.3 Å².